The van der Waals surface area contributed by atoms with E-state index in [1.165, 1.54) is 22.3 Å². The van der Waals surface area contributed by atoms with Crippen molar-refractivity contribution in [1.82, 2.24) is 10.3 Å². The molecule has 0 saturated carbocycles. The predicted octanol–water partition coefficient (Wildman–Crippen LogP) is 5.22. The van der Waals surface area contributed by atoms with Gasteiger partial charge < -0.3 is 15.4 Å². The second kappa shape index (κ2) is 10.0. The molecule has 178 valence electrons. The van der Waals surface area contributed by atoms with Gasteiger partial charge in [-0.1, -0.05) is 66.7 Å². The lowest BCUT2D eigenvalue weighted by Crippen LogP contribution is -2.46. The van der Waals surface area contributed by atoms with Gasteiger partial charge in [-0.3, -0.25) is 4.79 Å². The van der Waals surface area contributed by atoms with Crippen LogP contribution in [-0.2, 0) is 22.4 Å². The molecule has 1 aliphatic rings. The number of amides is 1. The molecule has 1 aliphatic carbocycles. The molecular weight excluding hydrogens is 456 g/mol. The predicted molar refractivity (Wildman–Crippen MR) is 142 cm³/mol. The highest BCUT2D eigenvalue weighted by atomic mass is 32.1. The number of aromatic amines is 1. The van der Waals surface area contributed by atoms with Crippen LogP contribution in [0.3, 0.4) is 0 Å². The molecular formula is C29H28N2O3S. The van der Waals surface area contributed by atoms with Crippen LogP contribution in [0.1, 0.15) is 29.0 Å². The van der Waals surface area contributed by atoms with Gasteiger partial charge in [-0.25, -0.2) is 4.79 Å². The molecule has 1 heterocycles. The Morgan fingerprint density at radius 1 is 1.03 bits per heavy atom. The maximum atomic E-state index is 13.3. The summed E-state index contributed by atoms with van der Waals surface area (Å²) in [5, 5.41) is 13.6. The Labute approximate surface area is 210 Å². The number of hydrogen-bond acceptors (Lipinski definition) is 3. The number of aliphatic carboxylic acids is 1. The van der Waals surface area contributed by atoms with Crippen LogP contribution < -0.4 is 5.32 Å². The third kappa shape index (κ3) is 4.71. The maximum Gasteiger partial charge on any atom is 0.326 e. The van der Waals surface area contributed by atoms with Crippen molar-refractivity contribution >= 4 is 35.4 Å². The molecule has 0 aliphatic heterocycles. The zero-order chi connectivity index (χ0) is 24.4. The maximum absolute atomic E-state index is 13.3. The Morgan fingerprint density at radius 3 is 2.57 bits per heavy atom. The van der Waals surface area contributed by atoms with E-state index in [4.69, 9.17) is 0 Å². The first-order chi connectivity index (χ1) is 17.0. The summed E-state index contributed by atoms with van der Waals surface area (Å²) in [6.45, 7) is 0. The number of para-hydroxylation sites is 1. The Bertz CT molecular complexity index is 1360. The highest BCUT2D eigenvalue weighted by Gasteiger charge is 2.35. The van der Waals surface area contributed by atoms with Crippen molar-refractivity contribution in [3.63, 3.8) is 0 Å². The molecule has 0 fully saturated rings. The lowest BCUT2D eigenvalue weighted by atomic mass is 9.87. The lowest BCUT2D eigenvalue weighted by Gasteiger charge is -2.24. The van der Waals surface area contributed by atoms with Crippen molar-refractivity contribution in [3.8, 4) is 11.1 Å². The highest BCUT2D eigenvalue weighted by Crippen LogP contribution is 2.40. The minimum atomic E-state index is -1.04. The second-order valence-corrected chi connectivity index (χ2v) is 9.54. The number of carboxylic acids is 1. The normalized spacial score (nSPS) is 16.5. The fraction of sp³-hybridized carbons (Fsp3) is 0.241. The van der Waals surface area contributed by atoms with Crippen molar-refractivity contribution in [2.24, 2.45) is 5.92 Å². The van der Waals surface area contributed by atoms with Gasteiger partial charge >= 0.3 is 5.97 Å². The molecule has 5 nitrogen and oxygen atoms in total. The van der Waals surface area contributed by atoms with E-state index in [2.05, 4.69) is 53.3 Å². The molecule has 1 aromatic heterocycles. The summed E-state index contributed by atoms with van der Waals surface area (Å²) in [6.07, 6.45) is 3.79. The van der Waals surface area contributed by atoms with Crippen molar-refractivity contribution in [3.05, 3.63) is 95.7 Å². The molecule has 3 atom stereocenters. The molecule has 5 rings (SSSR count). The van der Waals surface area contributed by atoms with Gasteiger partial charge in [0.05, 0.1) is 5.92 Å². The van der Waals surface area contributed by atoms with Gasteiger partial charge in [-0.05, 0) is 52.6 Å². The Balaban J connectivity index is 1.33. The van der Waals surface area contributed by atoms with E-state index in [-0.39, 0.29) is 18.2 Å². The number of thiol groups is 1. The number of hydrogen-bond donors (Lipinski definition) is 4. The zero-order valence-electron chi connectivity index (χ0n) is 19.3. The number of carbonyl (C=O) groups excluding carboxylic acids is 1. The Kier molecular flexibility index (Phi) is 6.64. The summed E-state index contributed by atoms with van der Waals surface area (Å²) >= 11 is 4.50. The van der Waals surface area contributed by atoms with Gasteiger partial charge in [-0.2, -0.15) is 12.6 Å². The van der Waals surface area contributed by atoms with Crippen LogP contribution in [0, 0.1) is 5.92 Å². The summed E-state index contributed by atoms with van der Waals surface area (Å²) in [7, 11) is 0. The number of nitrogens with one attached hydrogen (secondary N) is 2. The van der Waals surface area contributed by atoms with Gasteiger partial charge in [0.2, 0.25) is 5.91 Å². The summed E-state index contributed by atoms with van der Waals surface area (Å²) in [5.41, 5.74) is 6.58. The monoisotopic (exact) mass is 484 g/mol. The molecule has 4 aromatic rings. The minimum Gasteiger partial charge on any atom is -0.480 e. The van der Waals surface area contributed by atoms with Crippen LogP contribution in [-0.4, -0.2) is 33.8 Å². The molecule has 35 heavy (non-hydrogen) atoms. The molecule has 0 spiro atoms. The zero-order valence-corrected chi connectivity index (χ0v) is 20.2. The first-order valence-electron chi connectivity index (χ1n) is 11.9. The molecule has 2 unspecified atom stereocenters. The quantitative estimate of drug-likeness (QED) is 0.259. The van der Waals surface area contributed by atoms with Crippen LogP contribution in [0.25, 0.3) is 22.0 Å². The average Bonchev–Trinajstić information content (AvgIpc) is 3.49. The van der Waals surface area contributed by atoms with Crippen molar-refractivity contribution in [2.45, 2.75) is 31.2 Å². The molecule has 3 aromatic carbocycles. The number of aryl methyl sites for hydroxylation is 1. The average molecular weight is 485 g/mol. The SMILES string of the molecule is O=C(N[C@@H](Cc1c[nH]c2ccccc12)C(=O)O)C(CS)C1CCc2cc(-c3ccccc3)ccc21. The van der Waals surface area contributed by atoms with Gasteiger partial charge in [0.25, 0.3) is 0 Å². The number of aromatic nitrogens is 1. The van der Waals surface area contributed by atoms with Crippen LogP contribution in [0.5, 0.6) is 0 Å². The van der Waals surface area contributed by atoms with E-state index in [0.29, 0.717) is 5.75 Å². The largest absolute Gasteiger partial charge is 0.480 e. The third-order valence-electron chi connectivity index (χ3n) is 7.11. The number of rotatable bonds is 8. The van der Waals surface area contributed by atoms with Crippen LogP contribution in [0.4, 0.5) is 0 Å². The molecule has 0 saturated heterocycles. The third-order valence-corrected chi connectivity index (χ3v) is 7.50. The molecule has 6 heteroatoms. The number of H-pyrrole nitrogens is 1. The smallest absolute Gasteiger partial charge is 0.326 e. The van der Waals surface area contributed by atoms with Gasteiger partial charge in [-0.15, -0.1) is 0 Å². The van der Waals surface area contributed by atoms with E-state index in [1.807, 2.05) is 48.7 Å². The fourth-order valence-corrected chi connectivity index (χ4v) is 5.69. The van der Waals surface area contributed by atoms with Gasteiger partial charge in [0.15, 0.2) is 0 Å². The second-order valence-electron chi connectivity index (χ2n) is 9.18. The summed E-state index contributed by atoms with van der Waals surface area (Å²) < 4.78 is 0. The molecule has 0 bridgehead atoms. The van der Waals surface area contributed by atoms with E-state index in [9.17, 15) is 14.7 Å². The van der Waals surface area contributed by atoms with Crippen LogP contribution in [0.15, 0.2) is 79.0 Å². The number of carboxylic acid groups (broad SMARTS) is 1. The van der Waals surface area contributed by atoms with Gasteiger partial charge in [0, 0.05) is 29.3 Å². The number of benzene rings is 3. The Hall–Kier alpha value is -3.51. The molecule has 1 amide bonds. The van der Waals surface area contributed by atoms with Crippen molar-refractivity contribution in [1.29, 1.82) is 0 Å². The topological polar surface area (TPSA) is 82.2 Å². The van der Waals surface area contributed by atoms with E-state index < -0.39 is 17.9 Å². The van der Waals surface area contributed by atoms with E-state index >= 15 is 0 Å². The first kappa shape index (κ1) is 23.2. The number of fused-ring (bicyclic) bond motifs is 2. The van der Waals surface area contributed by atoms with Crippen molar-refractivity contribution in [2.75, 3.05) is 5.75 Å². The van der Waals surface area contributed by atoms with Gasteiger partial charge in [0.1, 0.15) is 6.04 Å². The summed E-state index contributed by atoms with van der Waals surface area (Å²) in [6, 6.07) is 23.5. The molecule has 3 N–H and O–H groups in total. The van der Waals surface area contributed by atoms with Crippen molar-refractivity contribution < 1.29 is 14.7 Å². The molecule has 0 radical (unpaired) electrons. The van der Waals surface area contributed by atoms with E-state index in [1.54, 1.807) is 0 Å². The fourth-order valence-electron chi connectivity index (χ4n) is 5.27. The first-order valence-corrected chi connectivity index (χ1v) is 12.6. The van der Waals surface area contributed by atoms with Crippen LogP contribution in [0.2, 0.25) is 0 Å². The minimum absolute atomic E-state index is 0.0230. The standard InChI is InChI=1S/C29H28N2O3S/c32-28(31-27(29(33)34)15-21-16-30-26-9-5-4-8-23(21)26)25(17-35)24-13-11-20-14-19(10-12-22(20)24)18-6-2-1-3-7-18/h1-10,12,14,16,24-25,27,30,35H,11,13,15,17H2,(H,31,32)(H,33,34)/t24?,25?,27-/m0/s1. The Morgan fingerprint density at radius 2 is 1.80 bits per heavy atom. The summed E-state index contributed by atoms with van der Waals surface area (Å²) in [5.74, 6) is -1.31. The van der Waals surface area contributed by atoms with E-state index in [0.717, 1.165) is 29.3 Å². The lowest BCUT2D eigenvalue weighted by molar-refractivity contribution is -0.142. The summed E-state index contributed by atoms with van der Waals surface area (Å²) in [4.78, 5) is 28.6. The highest BCUT2D eigenvalue weighted by molar-refractivity contribution is 7.80. The number of carbonyl (C=O) groups is 2. The van der Waals surface area contributed by atoms with Crippen LogP contribution >= 0.6 is 12.6 Å².